The highest BCUT2D eigenvalue weighted by atomic mass is 16.5. The van der Waals surface area contributed by atoms with Crippen molar-refractivity contribution in [3.63, 3.8) is 0 Å². The first kappa shape index (κ1) is 12.5. The number of nitrogens with one attached hydrogen (secondary N) is 1. The predicted molar refractivity (Wildman–Crippen MR) is 73.6 cm³/mol. The smallest absolute Gasteiger partial charge is 0.407 e. The average molecular weight is 259 g/mol. The van der Waals surface area contributed by atoms with E-state index in [9.17, 15) is 4.79 Å². The maximum Gasteiger partial charge on any atom is 0.407 e. The van der Waals surface area contributed by atoms with Gasteiger partial charge in [-0.15, -0.1) is 0 Å². The van der Waals surface area contributed by atoms with E-state index in [-0.39, 0.29) is 6.09 Å². The second kappa shape index (κ2) is 5.64. The van der Waals surface area contributed by atoms with Crippen LogP contribution in [0.1, 0.15) is 31.2 Å². The van der Waals surface area contributed by atoms with Crippen molar-refractivity contribution in [2.24, 2.45) is 17.8 Å². The van der Waals surface area contributed by atoms with E-state index in [0.29, 0.717) is 12.5 Å². The molecule has 1 amide bonds. The topological polar surface area (TPSA) is 38.3 Å². The zero-order valence-corrected chi connectivity index (χ0v) is 11.2. The standard InChI is InChI=1S/C16H21NO2/c18-16(19-11-12-4-2-1-3-5-12)17-10-15(13-6-7-13)14-8-9-14/h1-5,13-15H,6-11H2,(H,17,18). The summed E-state index contributed by atoms with van der Waals surface area (Å²) in [6.07, 6.45) is 5.11. The van der Waals surface area contributed by atoms with Gasteiger partial charge in [0.2, 0.25) is 0 Å². The van der Waals surface area contributed by atoms with Gasteiger partial charge in [0.1, 0.15) is 6.61 Å². The first-order valence-corrected chi connectivity index (χ1v) is 7.27. The van der Waals surface area contributed by atoms with Crippen LogP contribution in [0, 0.1) is 17.8 Å². The van der Waals surface area contributed by atoms with Crippen LogP contribution in [0.15, 0.2) is 30.3 Å². The molecule has 3 heteroatoms. The van der Waals surface area contributed by atoms with Gasteiger partial charge in [-0.05, 0) is 49.0 Å². The van der Waals surface area contributed by atoms with Gasteiger partial charge in [-0.3, -0.25) is 0 Å². The van der Waals surface area contributed by atoms with E-state index in [0.717, 1.165) is 23.9 Å². The van der Waals surface area contributed by atoms with Crippen molar-refractivity contribution in [1.82, 2.24) is 5.32 Å². The van der Waals surface area contributed by atoms with Gasteiger partial charge in [0.25, 0.3) is 0 Å². The van der Waals surface area contributed by atoms with Crippen molar-refractivity contribution in [1.29, 1.82) is 0 Å². The number of rotatable bonds is 6. The molecule has 0 aliphatic heterocycles. The highest BCUT2D eigenvalue weighted by molar-refractivity contribution is 5.67. The molecule has 102 valence electrons. The number of alkyl carbamates (subject to hydrolysis) is 1. The van der Waals surface area contributed by atoms with Crippen LogP contribution in [-0.4, -0.2) is 12.6 Å². The third kappa shape index (κ3) is 3.72. The van der Waals surface area contributed by atoms with Crippen molar-refractivity contribution in [3.05, 3.63) is 35.9 Å². The van der Waals surface area contributed by atoms with E-state index in [1.807, 2.05) is 30.3 Å². The second-order valence-electron chi connectivity index (χ2n) is 5.78. The van der Waals surface area contributed by atoms with Crippen molar-refractivity contribution in [3.8, 4) is 0 Å². The van der Waals surface area contributed by atoms with Crippen LogP contribution in [0.25, 0.3) is 0 Å². The number of amides is 1. The molecule has 0 aromatic heterocycles. The van der Waals surface area contributed by atoms with Crippen LogP contribution in [0.3, 0.4) is 0 Å². The largest absolute Gasteiger partial charge is 0.445 e. The molecule has 0 saturated heterocycles. The summed E-state index contributed by atoms with van der Waals surface area (Å²) in [6, 6.07) is 9.79. The quantitative estimate of drug-likeness (QED) is 0.850. The lowest BCUT2D eigenvalue weighted by atomic mass is 9.98. The highest BCUT2D eigenvalue weighted by Gasteiger charge is 2.41. The molecule has 0 atom stereocenters. The van der Waals surface area contributed by atoms with Crippen LogP contribution in [0.5, 0.6) is 0 Å². The number of ether oxygens (including phenoxy) is 1. The Morgan fingerprint density at radius 2 is 1.79 bits per heavy atom. The summed E-state index contributed by atoms with van der Waals surface area (Å²) in [5.41, 5.74) is 1.03. The maximum absolute atomic E-state index is 11.7. The van der Waals surface area contributed by atoms with Crippen LogP contribution in [-0.2, 0) is 11.3 Å². The number of carbonyl (C=O) groups is 1. The molecule has 2 fully saturated rings. The van der Waals surface area contributed by atoms with Gasteiger partial charge in [-0.1, -0.05) is 30.3 Å². The van der Waals surface area contributed by atoms with Crippen molar-refractivity contribution in [2.45, 2.75) is 32.3 Å². The van der Waals surface area contributed by atoms with Crippen molar-refractivity contribution in [2.75, 3.05) is 6.54 Å². The van der Waals surface area contributed by atoms with Crippen LogP contribution < -0.4 is 5.32 Å². The number of hydrogen-bond donors (Lipinski definition) is 1. The van der Waals surface area contributed by atoms with Crippen LogP contribution in [0.2, 0.25) is 0 Å². The van der Waals surface area contributed by atoms with Crippen molar-refractivity contribution >= 4 is 6.09 Å². The van der Waals surface area contributed by atoms with E-state index in [1.54, 1.807) is 0 Å². The Morgan fingerprint density at radius 3 is 2.37 bits per heavy atom. The molecular weight excluding hydrogens is 238 g/mol. The number of hydrogen-bond acceptors (Lipinski definition) is 2. The monoisotopic (exact) mass is 259 g/mol. The fourth-order valence-corrected chi connectivity index (χ4v) is 2.74. The van der Waals surface area contributed by atoms with Crippen LogP contribution >= 0.6 is 0 Å². The Morgan fingerprint density at radius 1 is 1.16 bits per heavy atom. The summed E-state index contributed by atoms with van der Waals surface area (Å²) in [5, 5.41) is 2.93. The molecule has 2 aliphatic carbocycles. The minimum absolute atomic E-state index is 0.282. The summed E-state index contributed by atoms with van der Waals surface area (Å²) in [4.78, 5) is 11.7. The lowest BCUT2D eigenvalue weighted by molar-refractivity contribution is 0.137. The van der Waals surface area contributed by atoms with Gasteiger partial charge in [-0.25, -0.2) is 4.79 Å². The lowest BCUT2D eigenvalue weighted by Crippen LogP contribution is -2.31. The molecule has 0 bridgehead atoms. The summed E-state index contributed by atoms with van der Waals surface area (Å²) in [5.74, 6) is 2.42. The fourth-order valence-electron chi connectivity index (χ4n) is 2.74. The third-order valence-corrected chi connectivity index (χ3v) is 4.15. The van der Waals surface area contributed by atoms with E-state index < -0.39 is 0 Å². The normalized spacial score (nSPS) is 18.4. The van der Waals surface area contributed by atoms with Gasteiger partial charge in [-0.2, -0.15) is 0 Å². The average Bonchev–Trinajstić information content (AvgIpc) is 3.30. The number of benzene rings is 1. The van der Waals surface area contributed by atoms with Gasteiger partial charge in [0.05, 0.1) is 0 Å². The Balaban J connectivity index is 1.39. The van der Waals surface area contributed by atoms with E-state index >= 15 is 0 Å². The number of carbonyl (C=O) groups excluding carboxylic acids is 1. The zero-order chi connectivity index (χ0) is 13.1. The summed E-state index contributed by atoms with van der Waals surface area (Å²) in [7, 11) is 0. The molecule has 0 radical (unpaired) electrons. The molecule has 2 aliphatic rings. The van der Waals surface area contributed by atoms with Gasteiger partial charge < -0.3 is 10.1 Å². The molecule has 1 N–H and O–H groups in total. The highest BCUT2D eigenvalue weighted by Crippen LogP contribution is 2.48. The summed E-state index contributed by atoms with van der Waals surface area (Å²) < 4.78 is 5.23. The molecule has 1 aromatic rings. The molecular formula is C16H21NO2. The minimum Gasteiger partial charge on any atom is -0.445 e. The molecule has 3 nitrogen and oxygen atoms in total. The third-order valence-electron chi connectivity index (χ3n) is 4.15. The zero-order valence-electron chi connectivity index (χ0n) is 11.2. The SMILES string of the molecule is O=C(NCC(C1CC1)C1CC1)OCc1ccccc1. The summed E-state index contributed by atoms with van der Waals surface area (Å²) in [6.45, 7) is 1.15. The lowest BCUT2D eigenvalue weighted by Gasteiger charge is -2.16. The van der Waals surface area contributed by atoms with E-state index in [4.69, 9.17) is 4.74 Å². The summed E-state index contributed by atoms with van der Waals surface area (Å²) >= 11 is 0. The Labute approximate surface area is 114 Å². The maximum atomic E-state index is 11.7. The van der Waals surface area contributed by atoms with E-state index in [2.05, 4.69) is 5.32 Å². The van der Waals surface area contributed by atoms with Gasteiger partial charge in [0.15, 0.2) is 0 Å². The van der Waals surface area contributed by atoms with Gasteiger partial charge in [0, 0.05) is 6.54 Å². The second-order valence-corrected chi connectivity index (χ2v) is 5.78. The Kier molecular flexibility index (Phi) is 3.72. The van der Waals surface area contributed by atoms with Gasteiger partial charge >= 0.3 is 6.09 Å². The predicted octanol–water partition coefficient (Wildman–Crippen LogP) is 3.35. The first-order valence-electron chi connectivity index (χ1n) is 7.27. The molecule has 0 heterocycles. The van der Waals surface area contributed by atoms with Crippen molar-refractivity contribution < 1.29 is 9.53 Å². The molecule has 3 rings (SSSR count). The Bertz CT molecular complexity index is 412. The molecule has 2 saturated carbocycles. The molecule has 0 unspecified atom stereocenters. The van der Waals surface area contributed by atoms with E-state index in [1.165, 1.54) is 25.7 Å². The van der Waals surface area contributed by atoms with Crippen LogP contribution in [0.4, 0.5) is 4.79 Å². The first-order chi connectivity index (χ1) is 9.33. The molecule has 0 spiro atoms. The molecule has 1 aromatic carbocycles. The minimum atomic E-state index is -0.282. The molecule has 19 heavy (non-hydrogen) atoms. The fraction of sp³-hybridized carbons (Fsp3) is 0.562. The Hall–Kier alpha value is -1.51.